The highest BCUT2D eigenvalue weighted by Crippen LogP contribution is 2.28. The number of esters is 2. The van der Waals surface area contributed by atoms with Crippen molar-refractivity contribution in [2.75, 3.05) is 14.2 Å². The first kappa shape index (κ1) is 13.0. The molecule has 0 saturated heterocycles. The van der Waals surface area contributed by atoms with E-state index < -0.39 is 0 Å². The summed E-state index contributed by atoms with van der Waals surface area (Å²) in [5.74, 6) is -0.685. The average molecular weight is 228 g/mol. The predicted molar refractivity (Wildman–Crippen MR) is 58.7 cm³/mol. The van der Waals surface area contributed by atoms with E-state index in [0.717, 1.165) is 32.1 Å². The second kappa shape index (κ2) is 6.51. The van der Waals surface area contributed by atoms with Gasteiger partial charge in [-0.25, -0.2) is 0 Å². The lowest BCUT2D eigenvalue weighted by Gasteiger charge is -2.23. The third-order valence-corrected chi connectivity index (χ3v) is 3.24. The SMILES string of the molecule is COC(=O)[C@@H]1CCCCC[C@H](C(=O)OC)C1. The Hall–Kier alpha value is -1.06. The van der Waals surface area contributed by atoms with Crippen molar-refractivity contribution in [3.63, 3.8) is 0 Å². The summed E-state index contributed by atoms with van der Waals surface area (Å²) >= 11 is 0. The maximum Gasteiger partial charge on any atom is 0.308 e. The van der Waals surface area contributed by atoms with E-state index in [0.29, 0.717) is 6.42 Å². The minimum absolute atomic E-state index is 0.144. The first-order valence-corrected chi connectivity index (χ1v) is 5.84. The summed E-state index contributed by atoms with van der Waals surface area (Å²) in [6.07, 6.45) is 5.35. The molecule has 0 N–H and O–H groups in total. The highest BCUT2D eigenvalue weighted by atomic mass is 16.5. The van der Waals surface area contributed by atoms with Gasteiger partial charge in [0, 0.05) is 0 Å². The van der Waals surface area contributed by atoms with Crippen molar-refractivity contribution in [1.82, 2.24) is 0 Å². The van der Waals surface area contributed by atoms with E-state index >= 15 is 0 Å². The Morgan fingerprint density at radius 1 is 0.875 bits per heavy atom. The molecule has 0 aromatic heterocycles. The van der Waals surface area contributed by atoms with E-state index in [-0.39, 0.29) is 23.8 Å². The smallest absolute Gasteiger partial charge is 0.308 e. The van der Waals surface area contributed by atoms with Gasteiger partial charge in [-0.3, -0.25) is 9.59 Å². The molecule has 0 aromatic carbocycles. The summed E-state index contributed by atoms with van der Waals surface area (Å²) in [4.78, 5) is 23.0. The number of carbonyl (C=O) groups is 2. The second-order valence-corrected chi connectivity index (χ2v) is 4.31. The van der Waals surface area contributed by atoms with Crippen LogP contribution in [0.1, 0.15) is 38.5 Å². The van der Waals surface area contributed by atoms with Crippen LogP contribution in [0.4, 0.5) is 0 Å². The van der Waals surface area contributed by atoms with Crippen LogP contribution in [-0.2, 0) is 19.1 Å². The Kier molecular flexibility index (Phi) is 5.29. The van der Waals surface area contributed by atoms with E-state index in [1.54, 1.807) is 0 Å². The molecule has 0 unspecified atom stereocenters. The summed E-state index contributed by atoms with van der Waals surface area (Å²) in [7, 11) is 2.79. The lowest BCUT2D eigenvalue weighted by Crippen LogP contribution is -2.26. The van der Waals surface area contributed by atoms with E-state index in [1.165, 1.54) is 14.2 Å². The van der Waals surface area contributed by atoms with E-state index in [9.17, 15) is 9.59 Å². The maximum atomic E-state index is 11.5. The summed E-state index contributed by atoms with van der Waals surface area (Å²) in [6.45, 7) is 0. The van der Waals surface area contributed by atoms with Gasteiger partial charge in [-0.2, -0.15) is 0 Å². The van der Waals surface area contributed by atoms with Gasteiger partial charge in [0.15, 0.2) is 0 Å². The van der Waals surface area contributed by atoms with Gasteiger partial charge >= 0.3 is 11.9 Å². The van der Waals surface area contributed by atoms with E-state index in [1.807, 2.05) is 0 Å². The van der Waals surface area contributed by atoms with Crippen LogP contribution in [0.25, 0.3) is 0 Å². The first-order valence-electron chi connectivity index (χ1n) is 5.84. The molecule has 1 aliphatic rings. The van der Waals surface area contributed by atoms with Crippen LogP contribution in [0.15, 0.2) is 0 Å². The molecular weight excluding hydrogens is 208 g/mol. The van der Waals surface area contributed by atoms with Crippen LogP contribution in [0.3, 0.4) is 0 Å². The highest BCUT2D eigenvalue weighted by molar-refractivity contribution is 5.75. The number of hydrogen-bond acceptors (Lipinski definition) is 4. The predicted octanol–water partition coefficient (Wildman–Crippen LogP) is 1.92. The highest BCUT2D eigenvalue weighted by Gasteiger charge is 2.29. The maximum absolute atomic E-state index is 11.5. The quantitative estimate of drug-likeness (QED) is 0.677. The molecule has 4 nitrogen and oxygen atoms in total. The standard InChI is InChI=1S/C12H20O4/c1-15-11(13)9-6-4-3-5-7-10(8-9)12(14)16-2/h9-10H,3-8H2,1-2H3/t9-,10+. The number of hydrogen-bond donors (Lipinski definition) is 0. The molecule has 0 radical (unpaired) electrons. The lowest BCUT2D eigenvalue weighted by atomic mass is 9.84. The van der Waals surface area contributed by atoms with Gasteiger partial charge < -0.3 is 9.47 Å². The molecule has 0 aromatic rings. The van der Waals surface area contributed by atoms with Crippen LogP contribution >= 0.6 is 0 Å². The normalized spacial score (nSPS) is 26.4. The zero-order valence-electron chi connectivity index (χ0n) is 10.0. The van der Waals surface area contributed by atoms with E-state index in [2.05, 4.69) is 0 Å². The summed E-state index contributed by atoms with van der Waals surface area (Å²) in [5, 5.41) is 0. The number of methoxy groups -OCH3 is 2. The Bertz CT molecular complexity index is 225. The number of rotatable bonds is 2. The molecule has 1 rings (SSSR count). The molecule has 1 saturated carbocycles. The summed E-state index contributed by atoms with van der Waals surface area (Å²) in [6, 6.07) is 0. The second-order valence-electron chi connectivity index (χ2n) is 4.31. The molecule has 0 aliphatic heterocycles. The minimum atomic E-state index is -0.198. The molecular formula is C12H20O4. The fraction of sp³-hybridized carbons (Fsp3) is 0.833. The Balaban J connectivity index is 2.63. The minimum Gasteiger partial charge on any atom is -0.469 e. The van der Waals surface area contributed by atoms with Gasteiger partial charge in [0.2, 0.25) is 0 Å². The zero-order valence-corrected chi connectivity index (χ0v) is 10.0. The topological polar surface area (TPSA) is 52.6 Å². The fourth-order valence-electron chi connectivity index (χ4n) is 2.30. The van der Waals surface area contributed by atoms with Crippen molar-refractivity contribution >= 4 is 11.9 Å². The Labute approximate surface area is 96.3 Å². The molecule has 1 fully saturated rings. The molecule has 0 amide bonds. The molecule has 4 heteroatoms. The lowest BCUT2D eigenvalue weighted by molar-refractivity contribution is -0.150. The van der Waals surface area contributed by atoms with Gasteiger partial charge in [-0.1, -0.05) is 19.3 Å². The van der Waals surface area contributed by atoms with Crippen molar-refractivity contribution in [3.8, 4) is 0 Å². The van der Waals surface area contributed by atoms with Gasteiger partial charge in [-0.05, 0) is 19.3 Å². The van der Waals surface area contributed by atoms with Gasteiger partial charge in [0.25, 0.3) is 0 Å². The average Bonchev–Trinajstić information content (AvgIpc) is 2.27. The van der Waals surface area contributed by atoms with Crippen LogP contribution in [0, 0.1) is 11.8 Å². The molecule has 92 valence electrons. The van der Waals surface area contributed by atoms with Crippen molar-refractivity contribution < 1.29 is 19.1 Å². The first-order chi connectivity index (χ1) is 7.69. The third kappa shape index (κ3) is 3.51. The molecule has 1 aliphatic carbocycles. The molecule has 0 bridgehead atoms. The van der Waals surface area contributed by atoms with E-state index in [4.69, 9.17) is 9.47 Å². The van der Waals surface area contributed by atoms with Gasteiger partial charge in [0.05, 0.1) is 26.1 Å². The van der Waals surface area contributed by atoms with Gasteiger partial charge in [0.1, 0.15) is 0 Å². The van der Waals surface area contributed by atoms with Crippen molar-refractivity contribution in [2.24, 2.45) is 11.8 Å². The summed E-state index contributed by atoms with van der Waals surface area (Å²) in [5.41, 5.74) is 0. The van der Waals surface area contributed by atoms with Crippen LogP contribution in [-0.4, -0.2) is 26.2 Å². The fourth-order valence-corrected chi connectivity index (χ4v) is 2.30. The van der Waals surface area contributed by atoms with Crippen LogP contribution in [0.2, 0.25) is 0 Å². The largest absolute Gasteiger partial charge is 0.469 e. The van der Waals surface area contributed by atoms with Crippen molar-refractivity contribution in [2.45, 2.75) is 38.5 Å². The third-order valence-electron chi connectivity index (χ3n) is 3.24. The van der Waals surface area contributed by atoms with Crippen LogP contribution < -0.4 is 0 Å². The molecule has 16 heavy (non-hydrogen) atoms. The van der Waals surface area contributed by atoms with Crippen LogP contribution in [0.5, 0.6) is 0 Å². The zero-order chi connectivity index (χ0) is 12.0. The van der Waals surface area contributed by atoms with Gasteiger partial charge in [-0.15, -0.1) is 0 Å². The molecule has 2 atom stereocenters. The molecule has 0 heterocycles. The monoisotopic (exact) mass is 228 g/mol. The summed E-state index contributed by atoms with van der Waals surface area (Å²) < 4.78 is 9.51. The molecule has 0 spiro atoms. The van der Waals surface area contributed by atoms with Crippen molar-refractivity contribution in [3.05, 3.63) is 0 Å². The number of ether oxygens (including phenoxy) is 2. The Morgan fingerprint density at radius 3 is 1.69 bits per heavy atom. The number of carbonyl (C=O) groups excluding carboxylic acids is 2. The van der Waals surface area contributed by atoms with Crippen molar-refractivity contribution in [1.29, 1.82) is 0 Å². The Morgan fingerprint density at radius 2 is 1.31 bits per heavy atom.